The number of hydrogen-bond acceptors (Lipinski definition) is 5. The van der Waals surface area contributed by atoms with Crippen LogP contribution in [-0.2, 0) is 21.7 Å². The molecule has 3 N–H and O–H groups in total. The van der Waals surface area contributed by atoms with E-state index in [9.17, 15) is 14.7 Å². The van der Waals surface area contributed by atoms with Crippen molar-refractivity contribution in [1.82, 2.24) is 10.6 Å². The van der Waals surface area contributed by atoms with Crippen molar-refractivity contribution in [2.75, 3.05) is 13.3 Å². The Morgan fingerprint density at radius 2 is 1.81 bits per heavy atom. The first-order valence-corrected chi connectivity index (χ1v) is 8.66. The van der Waals surface area contributed by atoms with E-state index >= 15 is 0 Å². The van der Waals surface area contributed by atoms with E-state index in [1.807, 2.05) is 0 Å². The van der Waals surface area contributed by atoms with Crippen molar-refractivity contribution < 1.29 is 24.2 Å². The Balaban J connectivity index is 1.54. The number of rotatable bonds is 5. The van der Waals surface area contributed by atoms with E-state index in [4.69, 9.17) is 21.1 Å². The number of carbonyl (C=O) groups is 2. The molecule has 0 radical (unpaired) electrons. The summed E-state index contributed by atoms with van der Waals surface area (Å²) >= 11 is 6.01. The predicted molar refractivity (Wildman–Crippen MR) is 98.4 cm³/mol. The molecular weight excluding hydrogens is 372 g/mol. The summed E-state index contributed by atoms with van der Waals surface area (Å²) in [5.41, 5.74) is -0.157. The number of ether oxygens (including phenoxy) is 2. The summed E-state index contributed by atoms with van der Waals surface area (Å²) < 4.78 is 10.5. The van der Waals surface area contributed by atoms with Crippen molar-refractivity contribution in [3.05, 3.63) is 58.6 Å². The van der Waals surface area contributed by atoms with Crippen LogP contribution in [0.1, 0.15) is 18.1 Å². The Hall–Kier alpha value is -2.77. The lowest BCUT2D eigenvalue weighted by Gasteiger charge is -2.24. The maximum Gasteiger partial charge on any atom is 0.309 e. The van der Waals surface area contributed by atoms with E-state index in [2.05, 4.69) is 10.6 Å². The minimum absolute atomic E-state index is 0.128. The van der Waals surface area contributed by atoms with Gasteiger partial charge in [0.2, 0.25) is 6.79 Å². The van der Waals surface area contributed by atoms with Gasteiger partial charge < -0.3 is 25.2 Å². The Labute approximate surface area is 161 Å². The molecule has 142 valence electrons. The zero-order valence-electron chi connectivity index (χ0n) is 14.6. The topological polar surface area (TPSA) is 96.9 Å². The average molecular weight is 391 g/mol. The Kier molecular flexibility index (Phi) is 5.53. The van der Waals surface area contributed by atoms with Crippen LogP contribution in [0.3, 0.4) is 0 Å². The fourth-order valence-electron chi connectivity index (χ4n) is 2.56. The molecule has 0 aliphatic carbocycles. The van der Waals surface area contributed by atoms with Crippen LogP contribution < -0.4 is 20.1 Å². The highest BCUT2D eigenvalue weighted by Crippen LogP contribution is 2.35. The maximum absolute atomic E-state index is 12.0. The number of aliphatic hydroxyl groups is 1. The van der Waals surface area contributed by atoms with Gasteiger partial charge in [-0.05, 0) is 36.2 Å². The third-order valence-corrected chi connectivity index (χ3v) is 4.56. The number of carbonyl (C=O) groups excluding carboxylic acids is 2. The van der Waals surface area contributed by atoms with Crippen molar-refractivity contribution in [3.8, 4) is 11.5 Å². The van der Waals surface area contributed by atoms with Crippen molar-refractivity contribution in [2.45, 2.75) is 19.1 Å². The normalized spacial score (nSPS) is 14.3. The lowest BCUT2D eigenvalue weighted by molar-refractivity contribution is -0.139. The summed E-state index contributed by atoms with van der Waals surface area (Å²) in [4.78, 5) is 24.0. The summed E-state index contributed by atoms with van der Waals surface area (Å²) in [5, 5.41) is 16.1. The van der Waals surface area contributed by atoms with E-state index in [0.717, 1.165) is 0 Å². The molecule has 7 nitrogen and oxygen atoms in total. The number of nitrogens with one attached hydrogen (secondary N) is 2. The van der Waals surface area contributed by atoms with Gasteiger partial charge in [-0.2, -0.15) is 0 Å². The monoisotopic (exact) mass is 390 g/mol. The Morgan fingerprint density at radius 1 is 1.11 bits per heavy atom. The Morgan fingerprint density at radius 3 is 2.59 bits per heavy atom. The lowest BCUT2D eigenvalue weighted by Crippen LogP contribution is -2.45. The van der Waals surface area contributed by atoms with E-state index in [1.54, 1.807) is 42.5 Å². The minimum Gasteiger partial charge on any atom is -0.454 e. The first-order chi connectivity index (χ1) is 12.9. The second kappa shape index (κ2) is 7.85. The van der Waals surface area contributed by atoms with Gasteiger partial charge in [0, 0.05) is 11.6 Å². The van der Waals surface area contributed by atoms with Gasteiger partial charge in [-0.3, -0.25) is 9.59 Å². The van der Waals surface area contributed by atoms with Crippen LogP contribution in [0.2, 0.25) is 5.02 Å². The highest BCUT2D eigenvalue weighted by molar-refractivity contribution is 6.35. The fraction of sp³-hybridized carbons (Fsp3) is 0.263. The van der Waals surface area contributed by atoms with Crippen LogP contribution in [0, 0.1) is 0 Å². The average Bonchev–Trinajstić information content (AvgIpc) is 3.13. The molecule has 2 aromatic rings. The summed E-state index contributed by atoms with van der Waals surface area (Å²) in [6, 6.07) is 12.0. The minimum atomic E-state index is -1.39. The van der Waals surface area contributed by atoms with Crippen LogP contribution >= 0.6 is 11.6 Å². The van der Waals surface area contributed by atoms with Gasteiger partial charge in [-0.1, -0.05) is 35.9 Å². The first kappa shape index (κ1) is 19.0. The van der Waals surface area contributed by atoms with Crippen LogP contribution in [0.5, 0.6) is 11.5 Å². The van der Waals surface area contributed by atoms with Gasteiger partial charge in [0.05, 0.1) is 6.54 Å². The van der Waals surface area contributed by atoms with Crippen molar-refractivity contribution in [2.24, 2.45) is 0 Å². The molecule has 1 heterocycles. The Bertz CT molecular complexity index is 869. The van der Waals surface area contributed by atoms with Crippen LogP contribution in [0.15, 0.2) is 42.5 Å². The zero-order valence-corrected chi connectivity index (χ0v) is 15.4. The van der Waals surface area contributed by atoms with Crippen LogP contribution in [-0.4, -0.2) is 30.3 Å². The molecule has 0 unspecified atom stereocenters. The molecule has 0 fully saturated rings. The molecule has 1 aliphatic rings. The highest BCUT2D eigenvalue weighted by atomic mass is 35.5. The van der Waals surface area contributed by atoms with Gasteiger partial charge in [0.1, 0.15) is 5.60 Å². The number of fused-ring (bicyclic) bond motifs is 1. The van der Waals surface area contributed by atoms with Crippen LogP contribution in [0.4, 0.5) is 0 Å². The van der Waals surface area contributed by atoms with Gasteiger partial charge in [0.25, 0.3) is 0 Å². The SMILES string of the molecule is C[C@](O)(CNC(=O)C(=O)NCc1ccccc1Cl)c1ccc2c(c1)OCO2. The molecule has 1 atom stereocenters. The standard InChI is InChI=1S/C19H19ClN2O5/c1-19(25,13-6-7-15-16(8-13)27-11-26-15)10-22-18(24)17(23)21-9-12-4-2-3-5-14(12)20/h2-8,25H,9-11H2,1H3,(H,21,23)(H,22,24)/t19-/m0/s1. The molecule has 0 saturated heterocycles. The van der Waals surface area contributed by atoms with E-state index in [-0.39, 0.29) is 19.9 Å². The molecule has 0 spiro atoms. The van der Waals surface area contributed by atoms with E-state index in [1.165, 1.54) is 6.92 Å². The van der Waals surface area contributed by atoms with E-state index in [0.29, 0.717) is 27.6 Å². The second-order valence-corrected chi connectivity index (χ2v) is 6.71. The molecular formula is C19H19ClN2O5. The van der Waals surface area contributed by atoms with Gasteiger partial charge in [-0.15, -0.1) is 0 Å². The lowest BCUT2D eigenvalue weighted by atomic mass is 9.95. The van der Waals surface area contributed by atoms with Crippen LogP contribution in [0.25, 0.3) is 0 Å². The number of hydrogen-bond donors (Lipinski definition) is 3. The molecule has 0 saturated carbocycles. The first-order valence-electron chi connectivity index (χ1n) is 8.29. The summed E-state index contributed by atoms with van der Waals surface area (Å²) in [6.45, 7) is 1.64. The summed E-state index contributed by atoms with van der Waals surface area (Å²) in [7, 11) is 0. The number of benzene rings is 2. The second-order valence-electron chi connectivity index (χ2n) is 6.30. The van der Waals surface area contributed by atoms with Crippen molar-refractivity contribution in [3.63, 3.8) is 0 Å². The quantitative estimate of drug-likeness (QED) is 0.675. The molecule has 0 bridgehead atoms. The highest BCUT2D eigenvalue weighted by Gasteiger charge is 2.27. The molecule has 8 heteroatoms. The molecule has 27 heavy (non-hydrogen) atoms. The van der Waals surface area contributed by atoms with Gasteiger partial charge >= 0.3 is 11.8 Å². The predicted octanol–water partition coefficient (Wildman–Crippen LogP) is 1.71. The van der Waals surface area contributed by atoms with Gasteiger partial charge in [0.15, 0.2) is 11.5 Å². The number of amides is 2. The third kappa shape index (κ3) is 4.50. The molecule has 2 aromatic carbocycles. The maximum atomic E-state index is 12.0. The zero-order chi connectivity index (χ0) is 19.4. The molecule has 1 aliphatic heterocycles. The number of halogens is 1. The third-order valence-electron chi connectivity index (χ3n) is 4.19. The summed E-state index contributed by atoms with van der Waals surface area (Å²) in [6.07, 6.45) is 0. The van der Waals surface area contributed by atoms with Crippen molar-refractivity contribution >= 4 is 23.4 Å². The molecule has 0 aromatic heterocycles. The smallest absolute Gasteiger partial charge is 0.309 e. The largest absolute Gasteiger partial charge is 0.454 e. The van der Waals surface area contributed by atoms with E-state index < -0.39 is 17.4 Å². The molecule has 3 rings (SSSR count). The molecule has 2 amide bonds. The fourth-order valence-corrected chi connectivity index (χ4v) is 2.77. The van der Waals surface area contributed by atoms with Crippen molar-refractivity contribution in [1.29, 1.82) is 0 Å². The summed E-state index contributed by atoms with van der Waals surface area (Å²) in [5.74, 6) is -0.534. The van der Waals surface area contributed by atoms with Gasteiger partial charge in [-0.25, -0.2) is 0 Å².